The summed E-state index contributed by atoms with van der Waals surface area (Å²) in [5.74, 6) is 0. The molecule has 1 heteroatoms. The maximum Gasteiger partial charge on any atom is 0.0406 e. The van der Waals surface area contributed by atoms with Crippen LogP contribution in [-0.4, -0.2) is 0 Å². The van der Waals surface area contributed by atoms with Gasteiger partial charge in [0, 0.05) is 10.6 Å². The van der Waals surface area contributed by atoms with Gasteiger partial charge < -0.3 is 0 Å². The Morgan fingerprint density at radius 3 is 1.94 bits per heavy atom. The van der Waals surface area contributed by atoms with Gasteiger partial charge >= 0.3 is 0 Å². The van der Waals surface area contributed by atoms with Crippen molar-refractivity contribution in [1.82, 2.24) is 0 Å². The number of rotatable bonds is 2. The van der Waals surface area contributed by atoms with E-state index in [9.17, 15) is 0 Å². The molecule has 0 fully saturated rings. The lowest BCUT2D eigenvalue weighted by Gasteiger charge is -2.06. The topological polar surface area (TPSA) is 0 Å². The van der Waals surface area contributed by atoms with Crippen LogP contribution in [-0.2, 0) is 0 Å². The average Bonchev–Trinajstić information content (AvgIpc) is 2.38. The molecule has 90 valence electrons. The van der Waals surface area contributed by atoms with E-state index in [1.807, 2.05) is 42.5 Å². The fourth-order valence-corrected chi connectivity index (χ4v) is 1.91. The third kappa shape index (κ3) is 3.13. The molecular weight excluding hydrogens is 240 g/mol. The quantitative estimate of drug-likeness (QED) is 0.635. The Labute approximate surface area is 113 Å². The lowest BCUT2D eigenvalue weighted by atomic mass is 9.98. The van der Waals surface area contributed by atoms with Crippen LogP contribution in [0, 0.1) is 0 Å². The minimum absolute atomic E-state index is 0.753. The van der Waals surface area contributed by atoms with Crippen LogP contribution in [0.25, 0.3) is 5.57 Å². The van der Waals surface area contributed by atoms with E-state index < -0.39 is 0 Å². The highest BCUT2D eigenvalue weighted by atomic mass is 35.5. The fourth-order valence-electron chi connectivity index (χ4n) is 1.78. The monoisotopic (exact) mass is 254 g/mol. The molecule has 0 spiro atoms. The average molecular weight is 255 g/mol. The third-order valence-corrected chi connectivity index (χ3v) is 2.82. The molecule has 0 atom stereocenters. The number of hydrogen-bond donors (Lipinski definition) is 0. The van der Waals surface area contributed by atoms with Crippen molar-refractivity contribution in [2.75, 3.05) is 0 Å². The second-order valence-electron chi connectivity index (χ2n) is 4.37. The van der Waals surface area contributed by atoms with E-state index in [2.05, 4.69) is 31.7 Å². The minimum Gasteiger partial charge on any atom is -0.113 e. The molecule has 0 unspecified atom stereocenters. The number of hydrogen-bond acceptors (Lipinski definition) is 0. The first-order chi connectivity index (χ1) is 8.66. The van der Waals surface area contributed by atoms with Crippen molar-refractivity contribution in [2.45, 2.75) is 13.8 Å². The Morgan fingerprint density at radius 2 is 1.39 bits per heavy atom. The Kier molecular flexibility index (Phi) is 4.04. The summed E-state index contributed by atoms with van der Waals surface area (Å²) < 4.78 is 0. The summed E-state index contributed by atoms with van der Waals surface area (Å²) in [6.45, 7) is 4.11. The zero-order chi connectivity index (χ0) is 13.0. The van der Waals surface area contributed by atoms with E-state index >= 15 is 0 Å². The van der Waals surface area contributed by atoms with Crippen LogP contribution in [0.2, 0.25) is 5.02 Å². The Balaban J connectivity index is 2.59. The van der Waals surface area contributed by atoms with Gasteiger partial charge in [-0.25, -0.2) is 0 Å². The van der Waals surface area contributed by atoms with E-state index in [0.29, 0.717) is 0 Å². The van der Waals surface area contributed by atoms with Gasteiger partial charge in [-0.2, -0.15) is 0 Å². The number of allylic oxidation sites excluding steroid dienone is 1. The first kappa shape index (κ1) is 12.7. The number of benzene rings is 2. The van der Waals surface area contributed by atoms with Gasteiger partial charge in [-0.05, 0) is 42.7 Å². The van der Waals surface area contributed by atoms with Crippen LogP contribution in [0.1, 0.15) is 25.0 Å². The Bertz CT molecular complexity index is 581. The maximum absolute atomic E-state index is 5.93. The fraction of sp³-hybridized carbons (Fsp3) is 0.118. The van der Waals surface area contributed by atoms with Crippen molar-refractivity contribution in [3.63, 3.8) is 0 Å². The van der Waals surface area contributed by atoms with E-state index in [0.717, 1.165) is 21.7 Å². The molecule has 0 aliphatic rings. The van der Waals surface area contributed by atoms with Crippen LogP contribution in [0.3, 0.4) is 0 Å². The smallest absolute Gasteiger partial charge is 0.0406 e. The normalized spacial score (nSPS) is 9.72. The van der Waals surface area contributed by atoms with Gasteiger partial charge in [0.25, 0.3) is 0 Å². The van der Waals surface area contributed by atoms with Gasteiger partial charge in [0.1, 0.15) is 0 Å². The molecule has 0 saturated carbocycles. The zero-order valence-electron chi connectivity index (χ0n) is 10.6. The molecule has 0 nitrogen and oxygen atoms in total. The highest BCUT2D eigenvalue weighted by Gasteiger charge is 2.03. The molecule has 2 aromatic carbocycles. The van der Waals surface area contributed by atoms with E-state index in [-0.39, 0.29) is 0 Å². The summed E-state index contributed by atoms with van der Waals surface area (Å²) in [5, 5.41) is 0.753. The molecule has 18 heavy (non-hydrogen) atoms. The van der Waals surface area contributed by atoms with Crippen molar-refractivity contribution in [3.8, 4) is 0 Å². The van der Waals surface area contributed by atoms with Gasteiger partial charge in [0.2, 0.25) is 0 Å². The van der Waals surface area contributed by atoms with Crippen molar-refractivity contribution in [3.05, 3.63) is 82.1 Å². The molecule has 0 aliphatic heterocycles. The van der Waals surface area contributed by atoms with Gasteiger partial charge in [0.05, 0.1) is 0 Å². The largest absolute Gasteiger partial charge is 0.113 e. The highest BCUT2D eigenvalue weighted by molar-refractivity contribution is 6.30. The molecule has 0 aromatic heterocycles. The second kappa shape index (κ2) is 5.73. The summed E-state index contributed by atoms with van der Waals surface area (Å²) in [4.78, 5) is 0. The van der Waals surface area contributed by atoms with Crippen LogP contribution < -0.4 is 0 Å². The molecule has 2 aromatic rings. The van der Waals surface area contributed by atoms with Crippen molar-refractivity contribution in [1.29, 1.82) is 0 Å². The van der Waals surface area contributed by atoms with Gasteiger partial charge in [0.15, 0.2) is 0 Å². The maximum atomic E-state index is 5.93. The molecular formula is C17H15Cl. The summed E-state index contributed by atoms with van der Waals surface area (Å²) in [6, 6.07) is 18.2. The predicted molar refractivity (Wildman–Crippen MR) is 78.8 cm³/mol. The molecule has 0 radical (unpaired) electrons. The standard InChI is InChI=1S/C17H15Cl/c1-13(2)12-17(14-6-4-3-5-7-14)15-8-10-16(18)11-9-15/h3-11H,1-2H3. The minimum atomic E-state index is 0.753. The molecule has 0 amide bonds. The third-order valence-electron chi connectivity index (χ3n) is 2.57. The Morgan fingerprint density at radius 1 is 0.833 bits per heavy atom. The van der Waals surface area contributed by atoms with Gasteiger partial charge in [-0.1, -0.05) is 54.1 Å². The zero-order valence-corrected chi connectivity index (χ0v) is 11.3. The molecule has 0 heterocycles. The van der Waals surface area contributed by atoms with Crippen LogP contribution in [0.5, 0.6) is 0 Å². The highest BCUT2D eigenvalue weighted by Crippen LogP contribution is 2.24. The first-order valence-electron chi connectivity index (χ1n) is 5.92. The summed E-state index contributed by atoms with van der Waals surface area (Å²) in [5.41, 5.74) is 7.98. The van der Waals surface area contributed by atoms with Crippen molar-refractivity contribution < 1.29 is 0 Å². The van der Waals surface area contributed by atoms with Crippen LogP contribution in [0.15, 0.2) is 65.9 Å². The van der Waals surface area contributed by atoms with Crippen molar-refractivity contribution in [2.24, 2.45) is 0 Å². The molecule has 0 bridgehead atoms. The first-order valence-corrected chi connectivity index (χ1v) is 6.30. The molecule has 0 aliphatic carbocycles. The summed E-state index contributed by atoms with van der Waals surface area (Å²) in [6.07, 6.45) is 0. The molecule has 0 N–H and O–H groups in total. The van der Waals surface area contributed by atoms with E-state index in [4.69, 9.17) is 11.6 Å². The second-order valence-corrected chi connectivity index (χ2v) is 4.81. The lowest BCUT2D eigenvalue weighted by molar-refractivity contribution is 1.40. The predicted octanol–water partition coefficient (Wildman–Crippen LogP) is 5.34. The lowest BCUT2D eigenvalue weighted by Crippen LogP contribution is -1.86. The van der Waals surface area contributed by atoms with E-state index in [1.165, 1.54) is 5.56 Å². The summed E-state index contributed by atoms with van der Waals surface area (Å²) >= 11 is 5.93. The van der Waals surface area contributed by atoms with Crippen LogP contribution >= 0.6 is 11.6 Å². The number of halogens is 1. The molecule has 2 rings (SSSR count). The summed E-state index contributed by atoms with van der Waals surface area (Å²) in [7, 11) is 0. The van der Waals surface area contributed by atoms with Gasteiger partial charge in [-0.3, -0.25) is 0 Å². The SMILES string of the molecule is CC(C)=C=C(c1ccccc1)c1ccc(Cl)cc1. The Hall–Kier alpha value is -1.75. The molecule has 0 saturated heterocycles. The van der Waals surface area contributed by atoms with E-state index in [1.54, 1.807) is 0 Å². The van der Waals surface area contributed by atoms with Crippen molar-refractivity contribution >= 4 is 17.2 Å². The van der Waals surface area contributed by atoms with Gasteiger partial charge in [-0.15, -0.1) is 5.73 Å². The van der Waals surface area contributed by atoms with Crippen LogP contribution in [0.4, 0.5) is 0 Å².